The standard InChI is InChI=1S/C21H24N2O5/c1-11(2)18-19-17(13-7-12(26-3)5-6-14(13)23-18)16(24)9-21(28-19)8-15(22-10-21)20(25)27-4/h5-7,11,15,22H,8-10H2,1-4H3. The van der Waals surface area contributed by atoms with Crippen molar-refractivity contribution in [2.45, 2.75) is 44.2 Å². The van der Waals surface area contributed by atoms with Gasteiger partial charge >= 0.3 is 5.97 Å². The largest absolute Gasteiger partial charge is 0.497 e. The molecule has 0 bridgehead atoms. The summed E-state index contributed by atoms with van der Waals surface area (Å²) < 4.78 is 16.6. The van der Waals surface area contributed by atoms with Crippen LogP contribution in [0.5, 0.6) is 11.5 Å². The van der Waals surface area contributed by atoms with Crippen molar-refractivity contribution in [1.82, 2.24) is 10.3 Å². The molecule has 1 saturated heterocycles. The molecular weight excluding hydrogens is 360 g/mol. The molecule has 2 aliphatic rings. The molecule has 1 aromatic carbocycles. The van der Waals surface area contributed by atoms with Gasteiger partial charge in [-0.25, -0.2) is 4.98 Å². The van der Waals surface area contributed by atoms with Crippen molar-refractivity contribution in [3.8, 4) is 11.5 Å². The Labute approximate surface area is 163 Å². The predicted octanol–water partition coefficient (Wildman–Crippen LogP) is 2.61. The zero-order valence-electron chi connectivity index (χ0n) is 16.5. The average Bonchev–Trinajstić information content (AvgIpc) is 3.08. The molecule has 0 aliphatic carbocycles. The van der Waals surface area contributed by atoms with Crippen molar-refractivity contribution in [1.29, 1.82) is 0 Å². The molecule has 148 valence electrons. The fourth-order valence-electron chi connectivity index (χ4n) is 4.12. The number of methoxy groups -OCH3 is 2. The van der Waals surface area contributed by atoms with Gasteiger partial charge < -0.3 is 19.5 Å². The molecule has 7 heteroatoms. The van der Waals surface area contributed by atoms with Crippen LogP contribution < -0.4 is 14.8 Å². The van der Waals surface area contributed by atoms with Crippen LogP contribution in [0.25, 0.3) is 10.9 Å². The van der Waals surface area contributed by atoms with E-state index in [2.05, 4.69) is 5.32 Å². The Balaban J connectivity index is 1.85. The summed E-state index contributed by atoms with van der Waals surface area (Å²) in [6, 6.07) is 5.05. The van der Waals surface area contributed by atoms with Gasteiger partial charge in [0.25, 0.3) is 0 Å². The van der Waals surface area contributed by atoms with Crippen molar-refractivity contribution < 1.29 is 23.8 Å². The molecule has 4 rings (SSSR count). The lowest BCUT2D eigenvalue weighted by Gasteiger charge is -2.36. The van der Waals surface area contributed by atoms with E-state index in [0.717, 1.165) is 16.6 Å². The molecule has 7 nitrogen and oxygen atoms in total. The van der Waals surface area contributed by atoms with Crippen molar-refractivity contribution >= 4 is 22.7 Å². The van der Waals surface area contributed by atoms with Crippen LogP contribution in [0.15, 0.2) is 18.2 Å². The number of fused-ring (bicyclic) bond motifs is 3. The third-order valence-electron chi connectivity index (χ3n) is 5.53. The van der Waals surface area contributed by atoms with E-state index in [-0.39, 0.29) is 24.1 Å². The van der Waals surface area contributed by atoms with Crippen LogP contribution in [0, 0.1) is 0 Å². The topological polar surface area (TPSA) is 86.8 Å². The van der Waals surface area contributed by atoms with E-state index in [1.165, 1.54) is 7.11 Å². The fourth-order valence-corrected chi connectivity index (χ4v) is 4.12. The Morgan fingerprint density at radius 3 is 2.82 bits per heavy atom. The zero-order chi connectivity index (χ0) is 20.1. The second-order valence-corrected chi connectivity index (χ2v) is 7.78. The Kier molecular flexibility index (Phi) is 4.50. The summed E-state index contributed by atoms with van der Waals surface area (Å²) in [7, 11) is 2.95. The molecule has 2 aromatic rings. The Hall–Kier alpha value is -2.67. The highest BCUT2D eigenvalue weighted by molar-refractivity contribution is 6.11. The molecule has 2 aliphatic heterocycles. The van der Waals surface area contributed by atoms with Gasteiger partial charge in [-0.2, -0.15) is 0 Å². The van der Waals surface area contributed by atoms with E-state index < -0.39 is 11.6 Å². The van der Waals surface area contributed by atoms with Gasteiger partial charge in [0, 0.05) is 18.4 Å². The summed E-state index contributed by atoms with van der Waals surface area (Å²) in [5.74, 6) is 0.920. The first-order valence-corrected chi connectivity index (χ1v) is 9.42. The number of nitrogens with zero attached hydrogens (tertiary/aromatic N) is 1. The number of rotatable bonds is 3. The number of aromatic nitrogens is 1. The molecule has 2 atom stereocenters. The molecule has 1 N–H and O–H groups in total. The average molecular weight is 384 g/mol. The number of hydrogen-bond donors (Lipinski definition) is 1. The van der Waals surface area contributed by atoms with Gasteiger partial charge in [-0.3, -0.25) is 9.59 Å². The number of esters is 1. The normalized spacial score (nSPS) is 23.8. The van der Waals surface area contributed by atoms with Crippen LogP contribution in [0.1, 0.15) is 48.7 Å². The van der Waals surface area contributed by atoms with Crippen molar-refractivity contribution in [2.75, 3.05) is 20.8 Å². The SMILES string of the molecule is COC(=O)C1CC2(CN1)CC(=O)c1c(c(C(C)C)nc3ccc(OC)cc13)O2. The third kappa shape index (κ3) is 2.90. The Morgan fingerprint density at radius 1 is 1.36 bits per heavy atom. The van der Waals surface area contributed by atoms with Crippen LogP contribution in [0.4, 0.5) is 0 Å². The molecule has 0 amide bonds. The van der Waals surface area contributed by atoms with Crippen LogP contribution in [0.2, 0.25) is 0 Å². The molecule has 3 heterocycles. The summed E-state index contributed by atoms with van der Waals surface area (Å²) in [4.78, 5) is 30.0. The monoisotopic (exact) mass is 384 g/mol. The maximum Gasteiger partial charge on any atom is 0.323 e. The van der Waals surface area contributed by atoms with Crippen LogP contribution >= 0.6 is 0 Å². The molecule has 1 fully saturated rings. The number of Topliss-reactive ketones (excluding diaryl/α,β-unsaturated/α-hetero) is 1. The van der Waals surface area contributed by atoms with Gasteiger partial charge in [-0.05, 0) is 24.1 Å². The lowest BCUT2D eigenvalue weighted by molar-refractivity contribution is -0.143. The minimum absolute atomic E-state index is 0.00359. The number of benzene rings is 1. The minimum atomic E-state index is -0.763. The zero-order valence-corrected chi connectivity index (χ0v) is 16.5. The Morgan fingerprint density at radius 2 is 2.14 bits per heavy atom. The molecule has 28 heavy (non-hydrogen) atoms. The number of pyridine rings is 1. The molecular formula is C21H24N2O5. The number of ether oxygens (including phenoxy) is 3. The van der Waals surface area contributed by atoms with Crippen molar-refractivity contribution in [3.05, 3.63) is 29.5 Å². The van der Waals surface area contributed by atoms with Crippen LogP contribution in [-0.2, 0) is 9.53 Å². The summed E-state index contributed by atoms with van der Waals surface area (Å²) in [6.07, 6.45) is 0.590. The second kappa shape index (κ2) is 6.74. The Bertz CT molecular complexity index is 971. The summed E-state index contributed by atoms with van der Waals surface area (Å²) >= 11 is 0. The summed E-state index contributed by atoms with van der Waals surface area (Å²) in [5, 5.41) is 3.86. The lowest BCUT2D eigenvalue weighted by Crippen LogP contribution is -2.44. The highest BCUT2D eigenvalue weighted by Gasteiger charge is 2.49. The summed E-state index contributed by atoms with van der Waals surface area (Å²) in [5.41, 5.74) is 1.29. The number of hydrogen-bond acceptors (Lipinski definition) is 7. The smallest absolute Gasteiger partial charge is 0.323 e. The van der Waals surface area contributed by atoms with Crippen LogP contribution in [0.3, 0.4) is 0 Å². The fraction of sp³-hybridized carbons (Fsp3) is 0.476. The number of carbonyl (C=O) groups is 2. The first kappa shape index (κ1) is 18.7. The first-order chi connectivity index (χ1) is 13.4. The third-order valence-corrected chi connectivity index (χ3v) is 5.53. The molecule has 1 aromatic heterocycles. The van der Waals surface area contributed by atoms with Crippen LogP contribution in [-0.4, -0.2) is 49.1 Å². The molecule has 2 unspecified atom stereocenters. The van der Waals surface area contributed by atoms with Crippen molar-refractivity contribution in [2.24, 2.45) is 0 Å². The number of nitrogens with one attached hydrogen (secondary N) is 1. The lowest BCUT2D eigenvalue weighted by atomic mass is 9.85. The van der Waals surface area contributed by atoms with Gasteiger partial charge in [-0.1, -0.05) is 13.8 Å². The van der Waals surface area contributed by atoms with E-state index in [4.69, 9.17) is 19.2 Å². The van der Waals surface area contributed by atoms with Gasteiger partial charge in [0.1, 0.15) is 17.4 Å². The van der Waals surface area contributed by atoms with E-state index >= 15 is 0 Å². The molecule has 0 saturated carbocycles. The first-order valence-electron chi connectivity index (χ1n) is 9.42. The molecule has 0 radical (unpaired) electrons. The van der Waals surface area contributed by atoms with Gasteiger partial charge in [0.2, 0.25) is 0 Å². The van der Waals surface area contributed by atoms with E-state index in [1.807, 2.05) is 32.0 Å². The maximum absolute atomic E-state index is 13.3. The number of carbonyl (C=O) groups excluding carboxylic acids is 2. The minimum Gasteiger partial charge on any atom is -0.497 e. The second-order valence-electron chi connectivity index (χ2n) is 7.78. The van der Waals surface area contributed by atoms with Gasteiger partial charge in [0.15, 0.2) is 11.5 Å². The summed E-state index contributed by atoms with van der Waals surface area (Å²) in [6.45, 7) is 4.46. The number of ketones is 1. The predicted molar refractivity (Wildman–Crippen MR) is 103 cm³/mol. The van der Waals surface area contributed by atoms with Gasteiger partial charge in [0.05, 0.1) is 37.4 Å². The van der Waals surface area contributed by atoms with Crippen molar-refractivity contribution in [3.63, 3.8) is 0 Å². The van der Waals surface area contributed by atoms with Gasteiger partial charge in [-0.15, -0.1) is 0 Å². The van der Waals surface area contributed by atoms with E-state index in [9.17, 15) is 9.59 Å². The molecule has 1 spiro atoms. The highest BCUT2D eigenvalue weighted by atomic mass is 16.5. The maximum atomic E-state index is 13.3. The quantitative estimate of drug-likeness (QED) is 0.814. The van der Waals surface area contributed by atoms with E-state index in [1.54, 1.807) is 7.11 Å². The highest BCUT2D eigenvalue weighted by Crippen LogP contribution is 2.44. The van der Waals surface area contributed by atoms with E-state index in [0.29, 0.717) is 30.0 Å².